The molecule has 304 valence electrons. The van der Waals surface area contributed by atoms with E-state index in [0.29, 0.717) is 11.4 Å². The molecule has 5 aromatic carbocycles. The number of benzene rings is 5. The summed E-state index contributed by atoms with van der Waals surface area (Å²) in [6.45, 7) is 12.3. The van der Waals surface area contributed by atoms with Gasteiger partial charge in [-0.3, -0.25) is 9.69 Å². The fraction of sp³-hybridized carbons (Fsp3) is 0.298. The Labute approximate surface area is 348 Å². The SMILES string of the molecule is CN(C(=O)O)[C@H](C(=O)Nc1ccccc1SC[C@@H](CO[Si](c1ccccc1)(c1ccccc1)C(C)(C)C)NC(=O)OC(C)(C)C)C(c1ccccc1)c1ccccc1. The number of ether oxygens (including phenoxy) is 1. The summed E-state index contributed by atoms with van der Waals surface area (Å²) in [7, 11) is -1.54. The molecule has 3 N–H and O–H groups in total. The minimum absolute atomic E-state index is 0.190. The lowest BCUT2D eigenvalue weighted by atomic mass is 9.84. The molecule has 9 nitrogen and oxygen atoms in total. The van der Waals surface area contributed by atoms with Gasteiger partial charge in [-0.2, -0.15) is 0 Å². The first kappa shape index (κ1) is 43.8. The lowest BCUT2D eigenvalue weighted by molar-refractivity contribution is -0.120. The number of carbonyl (C=O) groups is 3. The Morgan fingerprint density at radius 2 is 1.17 bits per heavy atom. The predicted molar refractivity (Wildman–Crippen MR) is 237 cm³/mol. The van der Waals surface area contributed by atoms with Crippen LogP contribution in [0.3, 0.4) is 0 Å². The number of nitrogens with zero attached hydrogens (tertiary/aromatic N) is 1. The zero-order valence-corrected chi connectivity index (χ0v) is 36.2. The Morgan fingerprint density at radius 3 is 1.64 bits per heavy atom. The molecule has 0 saturated carbocycles. The Kier molecular flexibility index (Phi) is 14.6. The third-order valence-corrected chi connectivity index (χ3v) is 16.1. The van der Waals surface area contributed by atoms with Gasteiger partial charge in [-0.05, 0) is 59.4 Å². The van der Waals surface area contributed by atoms with Crippen LogP contribution in [0.5, 0.6) is 0 Å². The number of rotatable bonds is 15. The molecule has 0 spiro atoms. The Bertz CT molecular complexity index is 2010. The molecule has 0 aliphatic rings. The van der Waals surface area contributed by atoms with E-state index in [1.54, 1.807) is 6.07 Å². The molecule has 0 heterocycles. The van der Waals surface area contributed by atoms with Crippen molar-refractivity contribution in [1.82, 2.24) is 10.2 Å². The van der Waals surface area contributed by atoms with Crippen LogP contribution in [-0.2, 0) is 14.0 Å². The van der Waals surface area contributed by atoms with Gasteiger partial charge in [0, 0.05) is 23.6 Å². The van der Waals surface area contributed by atoms with Gasteiger partial charge < -0.3 is 24.9 Å². The average molecular weight is 818 g/mol. The van der Waals surface area contributed by atoms with Crippen molar-refractivity contribution in [2.24, 2.45) is 0 Å². The number of likely N-dealkylation sites (N-methyl/N-ethyl adjacent to an activating group) is 1. The molecular weight excluding hydrogens is 763 g/mol. The number of hydrogen-bond donors (Lipinski definition) is 3. The second kappa shape index (κ2) is 19.4. The maximum absolute atomic E-state index is 14.5. The van der Waals surface area contributed by atoms with Crippen molar-refractivity contribution in [3.63, 3.8) is 0 Å². The molecule has 0 bridgehead atoms. The molecule has 5 aromatic rings. The summed E-state index contributed by atoms with van der Waals surface area (Å²) in [5.41, 5.74) is 1.42. The van der Waals surface area contributed by atoms with Crippen molar-refractivity contribution in [1.29, 1.82) is 0 Å². The molecule has 58 heavy (non-hydrogen) atoms. The zero-order valence-electron chi connectivity index (χ0n) is 34.3. The number of anilines is 1. The number of carboxylic acid groups (broad SMARTS) is 1. The monoisotopic (exact) mass is 817 g/mol. The second-order valence-corrected chi connectivity index (χ2v) is 21.6. The van der Waals surface area contributed by atoms with E-state index in [1.165, 1.54) is 18.8 Å². The zero-order chi connectivity index (χ0) is 41.9. The summed E-state index contributed by atoms with van der Waals surface area (Å²) in [6.07, 6.45) is -1.78. The lowest BCUT2D eigenvalue weighted by Gasteiger charge is -2.43. The standard InChI is InChI=1S/C47H55N3O6SSi/c1-46(2,3)56-44(52)48-36(32-55-58(47(4,5)6,37-26-16-10-17-27-37)38-28-18-11-19-29-38)33-57-40-31-21-20-30-39(40)49-43(51)42(50(7)45(53)54)41(34-22-12-8-13-23-34)35-24-14-9-15-25-35/h8-31,36,41-42H,32-33H2,1-7H3,(H,48,52)(H,49,51)(H,53,54)/t36-,42+/m1/s1. The lowest BCUT2D eigenvalue weighted by Crippen LogP contribution is -2.67. The summed E-state index contributed by atoms with van der Waals surface area (Å²) >= 11 is 1.45. The maximum atomic E-state index is 14.5. The van der Waals surface area contributed by atoms with E-state index in [1.807, 2.05) is 136 Å². The normalized spacial score (nSPS) is 13.0. The second-order valence-electron chi connectivity index (χ2n) is 16.3. The van der Waals surface area contributed by atoms with Gasteiger partial charge in [-0.15, -0.1) is 11.8 Å². The minimum Gasteiger partial charge on any atom is -0.465 e. The molecule has 2 atom stereocenters. The fourth-order valence-electron chi connectivity index (χ4n) is 7.23. The highest BCUT2D eigenvalue weighted by Gasteiger charge is 2.50. The van der Waals surface area contributed by atoms with Crippen LogP contribution in [0.25, 0.3) is 0 Å². The largest absolute Gasteiger partial charge is 0.465 e. The van der Waals surface area contributed by atoms with E-state index < -0.39 is 50.0 Å². The molecule has 0 unspecified atom stereocenters. The smallest absolute Gasteiger partial charge is 0.407 e. The molecule has 0 aromatic heterocycles. The first-order valence-electron chi connectivity index (χ1n) is 19.4. The Morgan fingerprint density at radius 1 is 0.707 bits per heavy atom. The first-order chi connectivity index (χ1) is 27.6. The van der Waals surface area contributed by atoms with Crippen molar-refractivity contribution < 1.29 is 28.7 Å². The van der Waals surface area contributed by atoms with Crippen LogP contribution < -0.4 is 21.0 Å². The van der Waals surface area contributed by atoms with E-state index in [2.05, 4.69) is 55.7 Å². The highest BCUT2D eigenvalue weighted by atomic mass is 32.2. The van der Waals surface area contributed by atoms with Crippen LogP contribution in [0, 0.1) is 0 Å². The molecule has 0 aliphatic heterocycles. The van der Waals surface area contributed by atoms with E-state index in [0.717, 1.165) is 31.3 Å². The summed E-state index contributed by atoms with van der Waals surface area (Å²) in [4.78, 5) is 42.2. The quantitative estimate of drug-likeness (QED) is 0.0714. The van der Waals surface area contributed by atoms with Crippen LogP contribution in [0.15, 0.2) is 150 Å². The van der Waals surface area contributed by atoms with E-state index in [4.69, 9.17) is 9.16 Å². The van der Waals surface area contributed by atoms with Crippen molar-refractivity contribution in [3.8, 4) is 0 Å². The van der Waals surface area contributed by atoms with Gasteiger partial charge in [0.05, 0.1) is 18.3 Å². The summed E-state index contributed by atoms with van der Waals surface area (Å²) in [6, 6.07) is 45.4. The van der Waals surface area contributed by atoms with Crippen molar-refractivity contribution in [2.45, 2.75) is 75.1 Å². The predicted octanol–water partition coefficient (Wildman–Crippen LogP) is 9.00. The van der Waals surface area contributed by atoms with Crippen molar-refractivity contribution >= 4 is 54.2 Å². The molecule has 0 fully saturated rings. The molecule has 3 amide bonds. The Hall–Kier alpha value is -5.36. The Balaban J connectivity index is 1.46. The first-order valence-corrected chi connectivity index (χ1v) is 22.3. The van der Waals surface area contributed by atoms with Crippen LogP contribution >= 0.6 is 11.8 Å². The van der Waals surface area contributed by atoms with Gasteiger partial charge in [-0.25, -0.2) is 9.59 Å². The van der Waals surface area contributed by atoms with Gasteiger partial charge in [0.1, 0.15) is 11.6 Å². The molecule has 0 saturated heterocycles. The third-order valence-electron chi connectivity index (χ3n) is 9.84. The van der Waals surface area contributed by atoms with Gasteiger partial charge in [0.25, 0.3) is 8.32 Å². The van der Waals surface area contributed by atoms with E-state index in [-0.39, 0.29) is 11.6 Å². The van der Waals surface area contributed by atoms with Crippen LogP contribution in [0.4, 0.5) is 15.3 Å². The number of carbonyl (C=O) groups excluding carboxylic acids is 2. The highest BCUT2D eigenvalue weighted by Crippen LogP contribution is 2.38. The number of alkyl carbamates (subject to hydrolysis) is 1. The number of para-hydroxylation sites is 1. The number of hydrogen-bond acceptors (Lipinski definition) is 6. The molecule has 5 rings (SSSR count). The van der Waals surface area contributed by atoms with Crippen LogP contribution in [-0.4, -0.2) is 73.5 Å². The topological polar surface area (TPSA) is 117 Å². The molecule has 11 heteroatoms. The van der Waals surface area contributed by atoms with Gasteiger partial charge in [0.15, 0.2) is 0 Å². The minimum atomic E-state index is -2.96. The molecular formula is C47H55N3O6SSi. The third kappa shape index (κ3) is 11.0. The van der Waals surface area contributed by atoms with Gasteiger partial charge in [-0.1, -0.05) is 154 Å². The average Bonchev–Trinajstić information content (AvgIpc) is 3.19. The summed E-state index contributed by atoms with van der Waals surface area (Å²) < 4.78 is 13.0. The molecule has 0 aliphatic carbocycles. The van der Waals surface area contributed by atoms with Crippen molar-refractivity contribution in [2.75, 3.05) is 24.7 Å². The highest BCUT2D eigenvalue weighted by molar-refractivity contribution is 7.99. The van der Waals surface area contributed by atoms with Crippen molar-refractivity contribution in [3.05, 3.63) is 157 Å². The van der Waals surface area contributed by atoms with Gasteiger partial charge in [0.2, 0.25) is 5.91 Å². The number of amides is 3. The molecule has 0 radical (unpaired) electrons. The van der Waals surface area contributed by atoms with E-state index in [9.17, 15) is 19.5 Å². The summed E-state index contributed by atoms with van der Waals surface area (Å²) in [5.74, 6) is -0.696. The fourth-order valence-corrected chi connectivity index (χ4v) is 12.8. The van der Waals surface area contributed by atoms with Crippen LogP contribution in [0.2, 0.25) is 5.04 Å². The maximum Gasteiger partial charge on any atom is 0.407 e. The van der Waals surface area contributed by atoms with E-state index >= 15 is 0 Å². The summed E-state index contributed by atoms with van der Waals surface area (Å²) in [5, 5.41) is 18.4. The number of nitrogens with one attached hydrogen (secondary N) is 2. The van der Waals surface area contributed by atoms with Crippen LogP contribution in [0.1, 0.15) is 58.6 Å². The number of thioether (sulfide) groups is 1. The van der Waals surface area contributed by atoms with Gasteiger partial charge >= 0.3 is 12.2 Å².